The van der Waals surface area contributed by atoms with Crippen LogP contribution >= 0.6 is 0 Å². The highest BCUT2D eigenvalue weighted by Crippen LogP contribution is 2.35. The summed E-state index contributed by atoms with van der Waals surface area (Å²) in [5, 5.41) is 14.9. The number of ether oxygens (including phenoxy) is 1. The average Bonchev–Trinajstić information content (AvgIpc) is 2.79. The Bertz CT molecular complexity index is 1040. The zero-order valence-corrected chi connectivity index (χ0v) is 12.7. The number of fused-ring (bicyclic) bond motifs is 3. The molecule has 120 valence electrons. The Morgan fingerprint density at radius 2 is 2.00 bits per heavy atom. The molecule has 0 fully saturated rings. The molecule has 0 aliphatic heterocycles. The first-order chi connectivity index (χ1) is 10.8. The van der Waals surface area contributed by atoms with Gasteiger partial charge in [-0.3, -0.25) is 0 Å². The van der Waals surface area contributed by atoms with Crippen molar-refractivity contribution < 1.29 is 27.2 Å². The summed E-state index contributed by atoms with van der Waals surface area (Å²) in [5.74, 6) is -1.06. The lowest BCUT2D eigenvalue weighted by Crippen LogP contribution is -2.19. The molecular weight excluding hydrogens is 324 g/mol. The molecule has 0 aliphatic rings. The van der Waals surface area contributed by atoms with Crippen molar-refractivity contribution in [3.8, 4) is 11.5 Å². The van der Waals surface area contributed by atoms with Crippen molar-refractivity contribution in [2.45, 2.75) is 0 Å². The summed E-state index contributed by atoms with van der Waals surface area (Å²) in [6.45, 7) is 0. The van der Waals surface area contributed by atoms with E-state index in [1.54, 1.807) is 24.3 Å². The van der Waals surface area contributed by atoms with Gasteiger partial charge in [0.2, 0.25) is 0 Å². The molecule has 23 heavy (non-hydrogen) atoms. The van der Waals surface area contributed by atoms with Crippen LogP contribution in [0.1, 0.15) is 10.4 Å². The Morgan fingerprint density at radius 1 is 1.30 bits per heavy atom. The molecule has 8 nitrogen and oxygen atoms in total. The van der Waals surface area contributed by atoms with Crippen molar-refractivity contribution in [3.63, 3.8) is 0 Å². The number of benzene rings is 1. The number of pyridine rings is 1. The largest absolute Gasteiger partial charge is 0.494 e. The van der Waals surface area contributed by atoms with E-state index in [0.29, 0.717) is 16.4 Å². The van der Waals surface area contributed by atoms with E-state index in [2.05, 4.69) is 4.18 Å². The van der Waals surface area contributed by atoms with Gasteiger partial charge in [-0.05, 0) is 6.07 Å². The highest BCUT2D eigenvalue weighted by atomic mass is 32.2. The fourth-order valence-electron chi connectivity index (χ4n) is 2.55. The van der Waals surface area contributed by atoms with Gasteiger partial charge in [0.15, 0.2) is 5.75 Å². The van der Waals surface area contributed by atoms with E-state index in [1.807, 2.05) is 0 Å². The maximum absolute atomic E-state index is 11.7. The van der Waals surface area contributed by atoms with Gasteiger partial charge in [0.25, 0.3) is 0 Å². The van der Waals surface area contributed by atoms with Gasteiger partial charge in [0.05, 0.1) is 24.4 Å². The van der Waals surface area contributed by atoms with Crippen LogP contribution in [0.25, 0.3) is 16.4 Å². The Morgan fingerprint density at radius 3 is 2.61 bits per heavy atom. The standard InChI is InChI=1S/C14H12N2O6S/c1-21-11-6-8(22-23(15,19)20)7-16-10-5-3-2-4-9(10)12(13(11)16)14(17)18/h2-7H,1H3,(H,17,18)(H2,15,19,20). The second kappa shape index (κ2) is 5.14. The van der Waals surface area contributed by atoms with Gasteiger partial charge >= 0.3 is 16.3 Å². The summed E-state index contributed by atoms with van der Waals surface area (Å²) >= 11 is 0. The predicted octanol–water partition coefficient (Wildman–Crippen LogP) is 1.38. The van der Waals surface area contributed by atoms with Crippen LogP contribution in [-0.4, -0.2) is 31.0 Å². The summed E-state index contributed by atoms with van der Waals surface area (Å²) in [6, 6.07) is 8.08. The molecule has 0 amide bonds. The smallest absolute Gasteiger partial charge is 0.380 e. The van der Waals surface area contributed by atoms with E-state index in [-0.39, 0.29) is 17.1 Å². The number of methoxy groups -OCH3 is 1. The van der Waals surface area contributed by atoms with Crippen LogP contribution < -0.4 is 14.1 Å². The number of hydrogen-bond donors (Lipinski definition) is 2. The minimum atomic E-state index is -4.22. The summed E-state index contributed by atoms with van der Waals surface area (Å²) in [5.41, 5.74) is 0.917. The number of aromatic nitrogens is 1. The summed E-state index contributed by atoms with van der Waals surface area (Å²) in [6.07, 6.45) is 1.34. The Kier molecular flexibility index (Phi) is 3.38. The van der Waals surface area contributed by atoms with Crippen LogP contribution in [0.2, 0.25) is 0 Å². The van der Waals surface area contributed by atoms with Crippen molar-refractivity contribution >= 4 is 32.7 Å². The number of carboxylic acids is 1. The molecule has 2 aromatic heterocycles. The van der Waals surface area contributed by atoms with E-state index in [9.17, 15) is 18.3 Å². The van der Waals surface area contributed by atoms with Crippen LogP contribution in [0.4, 0.5) is 0 Å². The number of nitrogens with zero attached hydrogens (tertiary/aromatic N) is 1. The van der Waals surface area contributed by atoms with Gasteiger partial charge in [-0.1, -0.05) is 18.2 Å². The number of carbonyl (C=O) groups is 1. The predicted molar refractivity (Wildman–Crippen MR) is 82.1 cm³/mol. The number of rotatable bonds is 4. The second-order valence-electron chi connectivity index (χ2n) is 4.74. The summed E-state index contributed by atoms with van der Waals surface area (Å²) < 4.78 is 33.6. The number of nitrogens with two attached hydrogens (primary N) is 1. The molecule has 0 bridgehead atoms. The maximum Gasteiger partial charge on any atom is 0.380 e. The Balaban J connectivity index is 2.46. The lowest BCUT2D eigenvalue weighted by molar-refractivity contribution is 0.0701. The zero-order valence-electron chi connectivity index (χ0n) is 11.9. The summed E-state index contributed by atoms with van der Waals surface area (Å²) in [4.78, 5) is 11.7. The van der Waals surface area contributed by atoms with Crippen molar-refractivity contribution in [2.24, 2.45) is 5.14 Å². The van der Waals surface area contributed by atoms with Gasteiger partial charge in [-0.15, -0.1) is 0 Å². The van der Waals surface area contributed by atoms with E-state index in [1.165, 1.54) is 23.8 Å². The van der Waals surface area contributed by atoms with Crippen molar-refractivity contribution in [2.75, 3.05) is 7.11 Å². The van der Waals surface area contributed by atoms with E-state index in [4.69, 9.17) is 9.88 Å². The molecule has 0 atom stereocenters. The SMILES string of the molecule is COc1cc(OS(N)(=O)=O)cn2c1c(C(=O)O)c1ccccc12. The molecule has 0 saturated carbocycles. The number of hydrogen-bond acceptors (Lipinski definition) is 5. The van der Waals surface area contributed by atoms with Crippen molar-refractivity contribution in [1.82, 2.24) is 4.40 Å². The molecule has 3 N–H and O–H groups in total. The first-order valence-electron chi connectivity index (χ1n) is 6.38. The normalized spacial score (nSPS) is 11.7. The molecule has 3 aromatic rings. The molecule has 0 radical (unpaired) electrons. The molecule has 0 aliphatic carbocycles. The first kappa shape index (κ1) is 15.1. The number of para-hydroxylation sites is 1. The van der Waals surface area contributed by atoms with Gasteiger partial charge in [0, 0.05) is 11.5 Å². The minimum Gasteiger partial charge on any atom is -0.494 e. The highest BCUT2D eigenvalue weighted by molar-refractivity contribution is 7.84. The highest BCUT2D eigenvalue weighted by Gasteiger charge is 2.22. The lowest BCUT2D eigenvalue weighted by Gasteiger charge is -2.09. The van der Waals surface area contributed by atoms with Gasteiger partial charge in [-0.25, -0.2) is 4.79 Å². The first-order valence-corrected chi connectivity index (χ1v) is 7.85. The number of carboxylic acid groups (broad SMARTS) is 1. The van der Waals surface area contributed by atoms with Gasteiger partial charge < -0.3 is 18.4 Å². The Hall–Kier alpha value is -2.78. The third-order valence-corrected chi connectivity index (χ3v) is 3.74. The fourth-order valence-corrected chi connectivity index (χ4v) is 2.91. The van der Waals surface area contributed by atoms with Crippen LogP contribution in [0.3, 0.4) is 0 Å². The summed E-state index contributed by atoms with van der Waals surface area (Å²) in [7, 11) is -2.87. The topological polar surface area (TPSA) is 120 Å². The quantitative estimate of drug-likeness (QED) is 0.742. The molecular formula is C14H12N2O6S. The monoisotopic (exact) mass is 336 g/mol. The second-order valence-corrected chi connectivity index (χ2v) is 5.89. The molecule has 3 rings (SSSR count). The third kappa shape index (κ3) is 2.56. The van der Waals surface area contributed by atoms with E-state index >= 15 is 0 Å². The number of aromatic carboxylic acids is 1. The zero-order chi connectivity index (χ0) is 16.8. The Labute approximate surface area is 130 Å². The molecule has 2 heterocycles. The van der Waals surface area contributed by atoms with Crippen molar-refractivity contribution in [1.29, 1.82) is 0 Å². The van der Waals surface area contributed by atoms with Crippen LogP contribution in [0.5, 0.6) is 11.5 Å². The van der Waals surface area contributed by atoms with E-state index in [0.717, 1.165) is 0 Å². The van der Waals surface area contributed by atoms with Gasteiger partial charge in [0.1, 0.15) is 11.3 Å². The molecule has 0 spiro atoms. The average molecular weight is 336 g/mol. The van der Waals surface area contributed by atoms with Gasteiger partial charge in [-0.2, -0.15) is 13.6 Å². The molecule has 1 aromatic carbocycles. The molecule has 9 heteroatoms. The molecule has 0 unspecified atom stereocenters. The fraction of sp³-hybridized carbons (Fsp3) is 0.0714. The van der Waals surface area contributed by atoms with E-state index < -0.39 is 16.3 Å². The van der Waals surface area contributed by atoms with Crippen LogP contribution in [-0.2, 0) is 10.3 Å². The lowest BCUT2D eigenvalue weighted by atomic mass is 10.1. The van der Waals surface area contributed by atoms with Crippen LogP contribution in [0.15, 0.2) is 36.5 Å². The van der Waals surface area contributed by atoms with Crippen LogP contribution in [0, 0.1) is 0 Å². The molecule has 0 saturated heterocycles. The minimum absolute atomic E-state index is 0.0552. The van der Waals surface area contributed by atoms with Crippen molar-refractivity contribution in [3.05, 3.63) is 42.1 Å². The maximum atomic E-state index is 11.7. The third-order valence-electron chi connectivity index (χ3n) is 3.32.